The number of rotatable bonds is 3. The van der Waals surface area contributed by atoms with Gasteiger partial charge in [-0.15, -0.1) is 11.3 Å². The van der Waals surface area contributed by atoms with Gasteiger partial charge in [-0.3, -0.25) is 9.59 Å². The number of halogens is 1. The summed E-state index contributed by atoms with van der Waals surface area (Å²) in [6.45, 7) is 1.71. The third-order valence-corrected chi connectivity index (χ3v) is 3.51. The van der Waals surface area contributed by atoms with E-state index in [1.807, 2.05) is 17.5 Å². The van der Waals surface area contributed by atoms with Crippen molar-refractivity contribution in [1.29, 1.82) is 0 Å². The fourth-order valence-corrected chi connectivity index (χ4v) is 2.14. The van der Waals surface area contributed by atoms with Crippen molar-refractivity contribution >= 4 is 34.6 Å². The van der Waals surface area contributed by atoms with Crippen LogP contribution < -0.4 is 10.7 Å². The molecule has 0 fully saturated rings. The van der Waals surface area contributed by atoms with Crippen LogP contribution in [0.3, 0.4) is 0 Å². The van der Waals surface area contributed by atoms with Crippen molar-refractivity contribution in [3.8, 4) is 0 Å². The highest BCUT2D eigenvalue weighted by atomic mass is 32.1. The van der Waals surface area contributed by atoms with E-state index in [0.29, 0.717) is 5.71 Å². The summed E-state index contributed by atoms with van der Waals surface area (Å²) in [5, 5.41) is 7.88. The Morgan fingerprint density at radius 3 is 2.57 bits per heavy atom. The predicted molar refractivity (Wildman–Crippen MR) is 79.7 cm³/mol. The first-order valence-corrected chi connectivity index (χ1v) is 6.90. The van der Waals surface area contributed by atoms with E-state index in [1.54, 1.807) is 13.0 Å². The van der Waals surface area contributed by atoms with Gasteiger partial charge in [-0.05, 0) is 30.5 Å². The Bertz CT molecular complexity index is 683. The average molecular weight is 305 g/mol. The Hall–Kier alpha value is -2.54. The van der Waals surface area contributed by atoms with Gasteiger partial charge in [-0.25, -0.2) is 9.82 Å². The lowest BCUT2D eigenvalue weighted by Gasteiger charge is -2.05. The molecule has 1 aromatic carbocycles. The van der Waals surface area contributed by atoms with Crippen LogP contribution in [-0.4, -0.2) is 17.5 Å². The summed E-state index contributed by atoms with van der Waals surface area (Å²) >= 11 is 1.46. The highest BCUT2D eigenvalue weighted by molar-refractivity contribution is 7.12. The quantitative estimate of drug-likeness (QED) is 0.519. The van der Waals surface area contributed by atoms with Gasteiger partial charge in [-0.1, -0.05) is 18.2 Å². The number of amides is 2. The van der Waals surface area contributed by atoms with Crippen LogP contribution in [0.1, 0.15) is 11.8 Å². The van der Waals surface area contributed by atoms with Crippen LogP contribution in [0.2, 0.25) is 0 Å². The second-order valence-electron chi connectivity index (χ2n) is 4.05. The molecule has 5 nitrogen and oxygen atoms in total. The van der Waals surface area contributed by atoms with Crippen molar-refractivity contribution in [1.82, 2.24) is 5.43 Å². The molecule has 0 aliphatic carbocycles. The minimum absolute atomic E-state index is 0.0587. The first kappa shape index (κ1) is 14.9. The van der Waals surface area contributed by atoms with E-state index >= 15 is 0 Å². The lowest BCUT2D eigenvalue weighted by Crippen LogP contribution is -2.33. The van der Waals surface area contributed by atoms with Gasteiger partial charge < -0.3 is 5.32 Å². The van der Waals surface area contributed by atoms with Crippen molar-refractivity contribution in [3.05, 3.63) is 52.5 Å². The van der Waals surface area contributed by atoms with Gasteiger partial charge in [0.05, 0.1) is 11.4 Å². The number of nitrogens with zero attached hydrogens (tertiary/aromatic N) is 1. The van der Waals surface area contributed by atoms with Crippen molar-refractivity contribution in [2.24, 2.45) is 5.10 Å². The van der Waals surface area contributed by atoms with Crippen LogP contribution in [0.4, 0.5) is 10.1 Å². The second kappa shape index (κ2) is 6.76. The molecule has 0 radical (unpaired) electrons. The topological polar surface area (TPSA) is 70.6 Å². The molecule has 2 aromatic rings. The van der Waals surface area contributed by atoms with E-state index in [9.17, 15) is 14.0 Å². The lowest BCUT2D eigenvalue weighted by atomic mass is 10.3. The second-order valence-corrected chi connectivity index (χ2v) is 5.00. The van der Waals surface area contributed by atoms with Gasteiger partial charge in [0.15, 0.2) is 0 Å². The highest BCUT2D eigenvalue weighted by Crippen LogP contribution is 2.12. The molecule has 0 aliphatic rings. The van der Waals surface area contributed by atoms with Crippen molar-refractivity contribution in [2.45, 2.75) is 6.92 Å². The smallest absolute Gasteiger partial charge is 0.315 e. The van der Waals surface area contributed by atoms with Crippen molar-refractivity contribution in [2.75, 3.05) is 5.32 Å². The summed E-state index contributed by atoms with van der Waals surface area (Å²) in [5.41, 5.74) is 2.65. The van der Waals surface area contributed by atoms with E-state index in [4.69, 9.17) is 0 Å². The lowest BCUT2D eigenvalue weighted by molar-refractivity contribution is -0.136. The maximum atomic E-state index is 13.3. The maximum Gasteiger partial charge on any atom is 0.329 e. The van der Waals surface area contributed by atoms with E-state index < -0.39 is 17.6 Å². The number of carbonyl (C=O) groups is 2. The highest BCUT2D eigenvalue weighted by Gasteiger charge is 2.15. The molecule has 2 rings (SSSR count). The van der Waals surface area contributed by atoms with Gasteiger partial charge in [0, 0.05) is 4.88 Å². The zero-order valence-corrected chi connectivity index (χ0v) is 11.9. The van der Waals surface area contributed by atoms with Crippen LogP contribution in [0.5, 0.6) is 0 Å². The van der Waals surface area contributed by atoms with Gasteiger partial charge in [0.25, 0.3) is 0 Å². The van der Waals surface area contributed by atoms with Gasteiger partial charge >= 0.3 is 11.8 Å². The van der Waals surface area contributed by atoms with Gasteiger partial charge in [-0.2, -0.15) is 5.10 Å². The molecular weight excluding hydrogens is 293 g/mol. The zero-order chi connectivity index (χ0) is 15.2. The van der Waals surface area contributed by atoms with Crippen molar-refractivity contribution < 1.29 is 14.0 Å². The number of para-hydroxylation sites is 1. The summed E-state index contributed by atoms with van der Waals surface area (Å²) in [7, 11) is 0. The number of hydrazone groups is 1. The molecule has 0 atom stereocenters. The standard InChI is InChI=1S/C14H12FN3O2S/c1-9(12-7-4-8-21-12)17-18-14(20)13(19)16-11-6-3-2-5-10(11)15/h2-8H,1H3,(H,16,19)(H,18,20). The summed E-state index contributed by atoms with van der Waals surface area (Å²) < 4.78 is 13.3. The molecule has 0 saturated carbocycles. The third kappa shape index (κ3) is 3.96. The third-order valence-electron chi connectivity index (χ3n) is 2.53. The molecular formula is C14H12FN3O2S. The zero-order valence-electron chi connectivity index (χ0n) is 11.1. The summed E-state index contributed by atoms with van der Waals surface area (Å²) in [6, 6.07) is 9.28. The molecule has 21 heavy (non-hydrogen) atoms. The minimum atomic E-state index is -0.983. The molecule has 2 N–H and O–H groups in total. The fourth-order valence-electron chi connectivity index (χ4n) is 1.47. The number of hydrogen-bond donors (Lipinski definition) is 2. The van der Waals surface area contributed by atoms with Gasteiger partial charge in [0.2, 0.25) is 0 Å². The molecule has 108 valence electrons. The Labute approximate surface area is 124 Å². The maximum absolute atomic E-state index is 13.3. The van der Waals surface area contributed by atoms with Crippen LogP contribution in [0.15, 0.2) is 46.9 Å². The van der Waals surface area contributed by atoms with Crippen LogP contribution in [0.25, 0.3) is 0 Å². The molecule has 0 unspecified atom stereocenters. The first-order valence-electron chi connectivity index (χ1n) is 6.02. The number of benzene rings is 1. The molecule has 0 bridgehead atoms. The number of carbonyl (C=O) groups excluding carboxylic acids is 2. The number of hydrogen-bond acceptors (Lipinski definition) is 4. The predicted octanol–water partition coefficient (Wildman–Crippen LogP) is 2.37. The summed E-state index contributed by atoms with van der Waals surface area (Å²) in [6.07, 6.45) is 0. The first-order chi connectivity index (χ1) is 10.1. The molecule has 0 spiro atoms. The normalized spacial score (nSPS) is 11.0. The Morgan fingerprint density at radius 1 is 1.14 bits per heavy atom. The van der Waals surface area contributed by atoms with E-state index in [0.717, 1.165) is 4.88 Å². The monoisotopic (exact) mass is 305 g/mol. The number of anilines is 1. The Kier molecular flexibility index (Phi) is 4.78. The molecule has 7 heteroatoms. The largest absolute Gasteiger partial charge is 0.329 e. The van der Waals surface area contributed by atoms with Crippen LogP contribution in [-0.2, 0) is 9.59 Å². The molecule has 1 aromatic heterocycles. The SMILES string of the molecule is CC(=NNC(=O)C(=O)Nc1ccccc1F)c1cccs1. The van der Waals surface area contributed by atoms with Crippen LogP contribution >= 0.6 is 11.3 Å². The van der Waals surface area contributed by atoms with Crippen LogP contribution in [0, 0.1) is 5.82 Å². The minimum Gasteiger partial charge on any atom is -0.315 e. The summed E-state index contributed by atoms with van der Waals surface area (Å²) in [5.74, 6) is -2.56. The molecule has 0 aliphatic heterocycles. The van der Waals surface area contributed by atoms with E-state index in [-0.39, 0.29) is 5.69 Å². The van der Waals surface area contributed by atoms with Gasteiger partial charge in [0.1, 0.15) is 5.82 Å². The van der Waals surface area contributed by atoms with E-state index in [2.05, 4.69) is 15.8 Å². The Balaban J connectivity index is 1.96. The number of nitrogens with one attached hydrogen (secondary N) is 2. The Morgan fingerprint density at radius 2 is 1.90 bits per heavy atom. The van der Waals surface area contributed by atoms with Crippen molar-refractivity contribution in [3.63, 3.8) is 0 Å². The molecule has 0 saturated heterocycles. The fraction of sp³-hybridized carbons (Fsp3) is 0.0714. The molecule has 2 amide bonds. The number of thiophene rings is 1. The van der Waals surface area contributed by atoms with E-state index in [1.165, 1.54) is 29.5 Å². The molecule has 1 heterocycles. The summed E-state index contributed by atoms with van der Waals surface area (Å²) in [4.78, 5) is 24.1. The average Bonchev–Trinajstić information content (AvgIpc) is 3.01.